The number of ether oxygens (including phenoxy) is 4. The number of rotatable bonds is 9. The highest BCUT2D eigenvalue weighted by Crippen LogP contribution is 2.39. The number of benzene rings is 2. The molecule has 2 aromatic carbocycles. The first-order chi connectivity index (χ1) is 13.8. The molecule has 1 amide bonds. The van der Waals surface area contributed by atoms with E-state index in [2.05, 4.69) is 15.3 Å². The Hall–Kier alpha value is -3.36. The molecular weight excluding hydrogens is 386 g/mol. The van der Waals surface area contributed by atoms with Crippen molar-refractivity contribution in [2.75, 3.05) is 20.8 Å². The van der Waals surface area contributed by atoms with Crippen molar-refractivity contribution in [3.63, 3.8) is 0 Å². The van der Waals surface area contributed by atoms with Crippen LogP contribution in [0.4, 0.5) is 8.78 Å². The lowest BCUT2D eigenvalue weighted by atomic mass is 10.1. The number of carbonyl (C=O) groups is 1. The van der Waals surface area contributed by atoms with Crippen molar-refractivity contribution in [1.29, 1.82) is 0 Å². The topological polar surface area (TPSA) is 78.4 Å². The van der Waals surface area contributed by atoms with Crippen molar-refractivity contribution >= 4 is 12.1 Å². The average molecular weight is 408 g/mol. The van der Waals surface area contributed by atoms with Crippen molar-refractivity contribution < 1.29 is 32.5 Å². The van der Waals surface area contributed by atoms with E-state index in [1.807, 2.05) is 26.0 Å². The van der Waals surface area contributed by atoms with E-state index in [0.717, 1.165) is 11.1 Å². The van der Waals surface area contributed by atoms with E-state index in [4.69, 9.17) is 14.2 Å². The molecule has 0 radical (unpaired) electrons. The maximum absolute atomic E-state index is 12.6. The summed E-state index contributed by atoms with van der Waals surface area (Å²) in [6, 6.07) is 8.36. The van der Waals surface area contributed by atoms with Gasteiger partial charge < -0.3 is 18.9 Å². The fourth-order valence-corrected chi connectivity index (χ4v) is 2.34. The van der Waals surface area contributed by atoms with Crippen molar-refractivity contribution in [3.8, 4) is 23.0 Å². The summed E-state index contributed by atoms with van der Waals surface area (Å²) in [6.45, 7) is 0.686. The number of nitrogens with zero attached hydrogens (tertiary/aromatic N) is 1. The van der Waals surface area contributed by atoms with Crippen molar-refractivity contribution in [3.05, 3.63) is 47.0 Å². The summed E-state index contributed by atoms with van der Waals surface area (Å²) < 4.78 is 45.1. The largest absolute Gasteiger partial charge is 0.493 e. The van der Waals surface area contributed by atoms with Crippen LogP contribution < -0.4 is 24.4 Å². The number of halogens is 2. The number of methoxy groups -OCH3 is 2. The van der Waals surface area contributed by atoms with Crippen LogP contribution in [-0.2, 0) is 4.79 Å². The smallest absolute Gasteiger partial charge is 0.387 e. The molecule has 0 saturated carbocycles. The number of amides is 1. The second kappa shape index (κ2) is 10.3. The number of carbonyl (C=O) groups excluding carboxylic acids is 1. The number of aryl methyl sites for hydroxylation is 2. The lowest BCUT2D eigenvalue weighted by Crippen LogP contribution is -2.24. The van der Waals surface area contributed by atoms with Crippen molar-refractivity contribution in [2.24, 2.45) is 5.10 Å². The molecule has 7 nitrogen and oxygen atoms in total. The summed E-state index contributed by atoms with van der Waals surface area (Å²) in [5.74, 6) is -0.0358. The first kappa shape index (κ1) is 21.9. The lowest BCUT2D eigenvalue weighted by Gasteiger charge is -2.14. The van der Waals surface area contributed by atoms with E-state index in [1.165, 1.54) is 32.6 Å². The van der Waals surface area contributed by atoms with Crippen LogP contribution in [0.25, 0.3) is 0 Å². The molecule has 1 N–H and O–H groups in total. The molecule has 0 aliphatic heterocycles. The maximum Gasteiger partial charge on any atom is 0.387 e. The number of alkyl halides is 2. The van der Waals surface area contributed by atoms with Gasteiger partial charge in [0, 0.05) is 5.56 Å². The van der Waals surface area contributed by atoms with E-state index in [1.54, 1.807) is 6.07 Å². The Morgan fingerprint density at radius 2 is 1.76 bits per heavy atom. The Morgan fingerprint density at radius 1 is 1.10 bits per heavy atom. The molecule has 0 spiro atoms. The van der Waals surface area contributed by atoms with Gasteiger partial charge >= 0.3 is 6.61 Å². The lowest BCUT2D eigenvalue weighted by molar-refractivity contribution is -0.123. The minimum atomic E-state index is -3.03. The molecule has 0 aromatic heterocycles. The zero-order chi connectivity index (χ0) is 21.4. The van der Waals surface area contributed by atoms with E-state index in [0.29, 0.717) is 11.3 Å². The van der Waals surface area contributed by atoms with Crippen molar-refractivity contribution in [1.82, 2.24) is 5.43 Å². The molecule has 0 unspecified atom stereocenters. The minimum Gasteiger partial charge on any atom is -0.493 e. The summed E-state index contributed by atoms with van der Waals surface area (Å²) in [6.07, 6.45) is 1.31. The highest BCUT2D eigenvalue weighted by molar-refractivity contribution is 5.84. The van der Waals surface area contributed by atoms with Crippen LogP contribution in [0, 0.1) is 13.8 Å². The van der Waals surface area contributed by atoms with Crippen LogP contribution in [0.2, 0.25) is 0 Å². The maximum atomic E-state index is 12.6. The van der Waals surface area contributed by atoms with Gasteiger partial charge in [0.1, 0.15) is 5.75 Å². The molecule has 2 aromatic rings. The molecule has 0 atom stereocenters. The normalized spacial score (nSPS) is 10.9. The van der Waals surface area contributed by atoms with Gasteiger partial charge in [-0.15, -0.1) is 0 Å². The van der Waals surface area contributed by atoms with Gasteiger partial charge in [-0.2, -0.15) is 13.9 Å². The van der Waals surface area contributed by atoms with Gasteiger partial charge in [0.2, 0.25) is 5.75 Å². The highest BCUT2D eigenvalue weighted by atomic mass is 19.3. The molecule has 0 saturated heterocycles. The van der Waals surface area contributed by atoms with E-state index in [9.17, 15) is 13.6 Å². The van der Waals surface area contributed by atoms with E-state index in [-0.39, 0.29) is 23.9 Å². The summed E-state index contributed by atoms with van der Waals surface area (Å²) in [4.78, 5) is 11.9. The molecule has 0 bridgehead atoms. The van der Waals surface area contributed by atoms with Crippen LogP contribution in [0.3, 0.4) is 0 Å². The van der Waals surface area contributed by atoms with Crippen molar-refractivity contribution in [2.45, 2.75) is 20.5 Å². The SMILES string of the molecule is COc1cc(/C=N\NC(=O)COc2ccc(C)c(C)c2)cc(OC)c1OC(F)F. The van der Waals surface area contributed by atoms with Gasteiger partial charge in [0.25, 0.3) is 5.91 Å². The Bertz CT molecular complexity index is 862. The van der Waals surface area contributed by atoms with Gasteiger partial charge in [0.15, 0.2) is 18.1 Å². The Balaban J connectivity index is 1.99. The van der Waals surface area contributed by atoms with Gasteiger partial charge in [-0.1, -0.05) is 6.07 Å². The molecule has 156 valence electrons. The van der Waals surface area contributed by atoms with Crippen LogP contribution >= 0.6 is 0 Å². The van der Waals surface area contributed by atoms with Crippen LogP contribution in [0.5, 0.6) is 23.0 Å². The zero-order valence-electron chi connectivity index (χ0n) is 16.5. The summed E-state index contributed by atoms with van der Waals surface area (Å²) in [7, 11) is 2.61. The third kappa shape index (κ3) is 6.34. The molecule has 0 fully saturated rings. The van der Waals surface area contributed by atoms with Gasteiger partial charge in [-0.05, 0) is 49.2 Å². The minimum absolute atomic E-state index is 0.0375. The number of hydrogen-bond donors (Lipinski definition) is 1. The third-order valence-corrected chi connectivity index (χ3v) is 3.94. The van der Waals surface area contributed by atoms with E-state index < -0.39 is 12.5 Å². The third-order valence-electron chi connectivity index (χ3n) is 3.94. The number of hydrogen-bond acceptors (Lipinski definition) is 6. The summed E-state index contributed by atoms with van der Waals surface area (Å²) in [5.41, 5.74) is 4.95. The van der Waals surface area contributed by atoms with Crippen LogP contribution in [-0.4, -0.2) is 39.6 Å². The molecule has 9 heteroatoms. The Kier molecular flexibility index (Phi) is 7.76. The van der Waals surface area contributed by atoms with Crippen LogP contribution in [0.1, 0.15) is 16.7 Å². The number of nitrogens with one attached hydrogen (secondary N) is 1. The predicted molar refractivity (Wildman–Crippen MR) is 103 cm³/mol. The molecule has 2 rings (SSSR count). The molecule has 29 heavy (non-hydrogen) atoms. The Labute approximate surface area is 167 Å². The molecule has 0 aliphatic rings. The quantitative estimate of drug-likeness (QED) is 0.508. The summed E-state index contributed by atoms with van der Waals surface area (Å²) >= 11 is 0. The van der Waals surface area contributed by atoms with Gasteiger partial charge in [-0.25, -0.2) is 5.43 Å². The predicted octanol–water partition coefficient (Wildman–Crippen LogP) is 3.45. The fraction of sp³-hybridized carbons (Fsp3) is 0.300. The number of hydrazone groups is 1. The first-order valence-corrected chi connectivity index (χ1v) is 8.56. The molecule has 0 aliphatic carbocycles. The Morgan fingerprint density at radius 3 is 2.31 bits per heavy atom. The van der Waals surface area contributed by atoms with Crippen LogP contribution in [0.15, 0.2) is 35.4 Å². The monoisotopic (exact) mass is 408 g/mol. The summed E-state index contributed by atoms with van der Waals surface area (Å²) in [5, 5.41) is 3.82. The van der Waals surface area contributed by atoms with Gasteiger partial charge in [-0.3, -0.25) is 4.79 Å². The highest BCUT2D eigenvalue weighted by Gasteiger charge is 2.17. The molecular formula is C20H22F2N2O5. The van der Waals surface area contributed by atoms with Gasteiger partial charge in [0.05, 0.1) is 20.4 Å². The second-order valence-corrected chi connectivity index (χ2v) is 5.96. The standard InChI is InChI=1S/C20H22F2N2O5/c1-12-5-6-15(7-13(12)2)28-11-18(25)24-23-10-14-8-16(26-3)19(29-20(21)22)17(9-14)27-4/h5-10,20H,11H2,1-4H3,(H,24,25)/b23-10-. The second-order valence-electron chi connectivity index (χ2n) is 5.96. The average Bonchev–Trinajstić information content (AvgIpc) is 2.69. The molecule has 0 heterocycles. The fourth-order valence-electron chi connectivity index (χ4n) is 2.34. The van der Waals surface area contributed by atoms with E-state index >= 15 is 0 Å². The first-order valence-electron chi connectivity index (χ1n) is 8.56. The zero-order valence-corrected chi connectivity index (χ0v) is 16.5.